The molecule has 0 unspecified atom stereocenters. The summed E-state index contributed by atoms with van der Waals surface area (Å²) in [7, 11) is 0. The molecule has 1 aromatic heterocycles. The van der Waals surface area contributed by atoms with Gasteiger partial charge in [0.05, 0.1) is 5.56 Å². The predicted molar refractivity (Wildman–Crippen MR) is 78.1 cm³/mol. The van der Waals surface area contributed by atoms with Gasteiger partial charge in [-0.05, 0) is 17.9 Å². The van der Waals surface area contributed by atoms with Crippen LogP contribution >= 0.6 is 23.7 Å². The molecule has 0 fully saturated rings. The van der Waals surface area contributed by atoms with Crippen molar-refractivity contribution in [3.05, 3.63) is 16.0 Å². The summed E-state index contributed by atoms with van der Waals surface area (Å²) in [4.78, 5) is 3.74. The first-order valence-corrected chi connectivity index (χ1v) is 6.46. The minimum Gasteiger partial charge on any atom is -0.412 e. The zero-order chi connectivity index (χ0) is 11.7. The quantitative estimate of drug-likeness (QED) is 0.901. The molecular weight excluding hydrogens is 270 g/mol. The van der Waals surface area contributed by atoms with Crippen LogP contribution in [0.15, 0.2) is 0 Å². The van der Waals surface area contributed by atoms with Crippen LogP contribution in [0.4, 0.5) is 5.00 Å². The number of nitriles is 1. The van der Waals surface area contributed by atoms with Crippen LogP contribution in [-0.4, -0.2) is 23.5 Å². The van der Waals surface area contributed by atoms with Crippen molar-refractivity contribution in [2.75, 3.05) is 18.8 Å². The highest BCUT2D eigenvalue weighted by Gasteiger charge is 2.23. The molecule has 1 aliphatic heterocycles. The number of nitrogens with zero attached hydrogens (tertiary/aromatic N) is 2. The van der Waals surface area contributed by atoms with E-state index in [1.807, 2.05) is 0 Å². The van der Waals surface area contributed by atoms with Gasteiger partial charge in [0.2, 0.25) is 0 Å². The van der Waals surface area contributed by atoms with Gasteiger partial charge in [0.25, 0.3) is 0 Å². The highest BCUT2D eigenvalue weighted by molar-refractivity contribution is 7.16. The number of rotatable bonds is 2. The molecule has 2 heterocycles. The first kappa shape index (κ1) is 17.2. The Morgan fingerprint density at radius 2 is 2.17 bits per heavy atom. The lowest BCUT2D eigenvalue weighted by Gasteiger charge is -2.28. The molecule has 1 aliphatic rings. The summed E-state index contributed by atoms with van der Waals surface area (Å²) >= 11 is 1.59. The van der Waals surface area contributed by atoms with E-state index in [1.54, 1.807) is 11.3 Å². The summed E-state index contributed by atoms with van der Waals surface area (Å²) in [6.07, 6.45) is 0.971. The summed E-state index contributed by atoms with van der Waals surface area (Å²) in [5.74, 6) is 0.689. The molecule has 6 heteroatoms. The number of thiophene rings is 1. The van der Waals surface area contributed by atoms with Gasteiger partial charge in [0.15, 0.2) is 0 Å². The van der Waals surface area contributed by atoms with Crippen LogP contribution in [0.3, 0.4) is 0 Å². The second-order valence-corrected chi connectivity index (χ2v) is 5.87. The van der Waals surface area contributed by atoms with Gasteiger partial charge in [-0.25, -0.2) is 0 Å². The van der Waals surface area contributed by atoms with Crippen molar-refractivity contribution in [1.29, 1.82) is 5.26 Å². The maximum absolute atomic E-state index is 9.04. The molecule has 0 amide bonds. The van der Waals surface area contributed by atoms with Crippen molar-refractivity contribution < 1.29 is 5.48 Å². The summed E-state index contributed by atoms with van der Waals surface area (Å²) in [6, 6.07) is 2.23. The fourth-order valence-corrected chi connectivity index (χ4v) is 3.38. The number of nitrogens with two attached hydrogens (primary N) is 1. The maximum atomic E-state index is 9.04. The first-order valence-electron chi connectivity index (χ1n) is 5.64. The largest absolute Gasteiger partial charge is 0.412 e. The van der Waals surface area contributed by atoms with Gasteiger partial charge < -0.3 is 11.2 Å². The van der Waals surface area contributed by atoms with E-state index in [0.717, 1.165) is 31.6 Å². The fraction of sp³-hybridized carbons (Fsp3) is 0.583. The highest BCUT2D eigenvalue weighted by atomic mass is 35.5. The Hall–Kier alpha value is -0.800. The van der Waals surface area contributed by atoms with E-state index >= 15 is 0 Å². The Balaban J connectivity index is 0.00000144. The summed E-state index contributed by atoms with van der Waals surface area (Å²) in [5, 5.41) is 9.73. The first-order chi connectivity index (χ1) is 7.61. The van der Waals surface area contributed by atoms with Crippen LogP contribution in [0.1, 0.15) is 29.9 Å². The predicted octanol–water partition coefficient (Wildman–Crippen LogP) is 1.81. The monoisotopic (exact) mass is 289 g/mol. The van der Waals surface area contributed by atoms with Gasteiger partial charge in [0, 0.05) is 24.5 Å². The van der Waals surface area contributed by atoms with Gasteiger partial charge in [-0.1, -0.05) is 13.8 Å². The van der Waals surface area contributed by atoms with Gasteiger partial charge in [-0.15, -0.1) is 23.7 Å². The number of anilines is 1. The molecule has 2 rings (SSSR count). The van der Waals surface area contributed by atoms with E-state index in [-0.39, 0.29) is 17.9 Å². The Labute approximate surface area is 118 Å². The Morgan fingerprint density at radius 1 is 1.50 bits per heavy atom. The van der Waals surface area contributed by atoms with E-state index in [4.69, 9.17) is 11.0 Å². The summed E-state index contributed by atoms with van der Waals surface area (Å²) in [6.45, 7) is 7.61. The van der Waals surface area contributed by atoms with Crippen LogP contribution in [0.2, 0.25) is 0 Å². The van der Waals surface area contributed by atoms with Gasteiger partial charge >= 0.3 is 0 Å². The van der Waals surface area contributed by atoms with Crippen LogP contribution in [0, 0.1) is 17.2 Å². The van der Waals surface area contributed by atoms with E-state index in [1.165, 1.54) is 10.4 Å². The highest BCUT2D eigenvalue weighted by Crippen LogP contribution is 2.34. The van der Waals surface area contributed by atoms with Crippen LogP contribution in [0.5, 0.6) is 0 Å². The molecule has 0 saturated carbocycles. The van der Waals surface area contributed by atoms with Crippen molar-refractivity contribution in [3.63, 3.8) is 0 Å². The third kappa shape index (κ3) is 3.36. The van der Waals surface area contributed by atoms with E-state index in [2.05, 4.69) is 24.8 Å². The zero-order valence-corrected chi connectivity index (χ0v) is 12.3. The molecule has 0 bridgehead atoms. The number of halogens is 1. The lowest BCUT2D eigenvalue weighted by atomic mass is 10.0. The molecule has 4 nitrogen and oxygen atoms in total. The molecule has 4 N–H and O–H groups in total. The van der Waals surface area contributed by atoms with Crippen molar-refractivity contribution in [2.24, 2.45) is 5.92 Å². The molecule has 0 aromatic carbocycles. The Morgan fingerprint density at radius 3 is 2.72 bits per heavy atom. The summed E-state index contributed by atoms with van der Waals surface area (Å²) in [5.41, 5.74) is 7.78. The van der Waals surface area contributed by atoms with E-state index in [0.29, 0.717) is 10.9 Å². The second kappa shape index (κ2) is 6.95. The average molecular weight is 290 g/mol. The molecule has 1 aromatic rings. The standard InChI is InChI=1S/C12H17N3S.ClH.H2O/c1-8(2)6-15-4-3-9-10(5-13)12(14)16-11(9)7-15;;/h8H,3-4,6-7,14H2,1-2H3;1H;1H2. The maximum Gasteiger partial charge on any atom is 0.104 e. The van der Waals surface area contributed by atoms with Crippen LogP contribution in [0.25, 0.3) is 0 Å². The Bertz CT molecular complexity index is 439. The number of fused-ring (bicyclic) bond motifs is 1. The fourth-order valence-electron chi connectivity index (χ4n) is 2.27. The normalized spacial score (nSPS) is 14.3. The molecule has 0 aliphatic carbocycles. The number of nitrogen functional groups attached to an aromatic ring is 1. The SMILES string of the molecule is CC(C)CN1CCc2c(sc(N)c2C#N)C1.Cl.O. The lowest BCUT2D eigenvalue weighted by Crippen LogP contribution is -2.32. The van der Waals surface area contributed by atoms with Gasteiger partial charge in [-0.3, -0.25) is 4.90 Å². The molecule has 18 heavy (non-hydrogen) atoms. The molecule has 0 spiro atoms. The Kier molecular flexibility index (Phi) is 6.64. The third-order valence-corrected chi connectivity index (χ3v) is 3.94. The van der Waals surface area contributed by atoms with Crippen molar-refractivity contribution in [1.82, 2.24) is 4.90 Å². The third-order valence-electron chi connectivity index (χ3n) is 2.90. The van der Waals surface area contributed by atoms with Crippen molar-refractivity contribution in [2.45, 2.75) is 26.8 Å². The molecule has 0 saturated heterocycles. The average Bonchev–Trinajstić information content (AvgIpc) is 2.51. The molecular formula is C12H20ClN3OS. The minimum absolute atomic E-state index is 0. The van der Waals surface area contributed by atoms with Crippen molar-refractivity contribution >= 4 is 28.7 Å². The number of hydrogen-bond acceptors (Lipinski definition) is 4. The van der Waals surface area contributed by atoms with Crippen LogP contribution in [-0.2, 0) is 13.0 Å². The van der Waals surface area contributed by atoms with Gasteiger partial charge in [0.1, 0.15) is 11.1 Å². The topological polar surface area (TPSA) is 84.5 Å². The van der Waals surface area contributed by atoms with Crippen molar-refractivity contribution in [3.8, 4) is 6.07 Å². The molecule has 102 valence electrons. The number of hydrogen-bond donors (Lipinski definition) is 1. The second-order valence-electron chi connectivity index (χ2n) is 4.73. The van der Waals surface area contributed by atoms with E-state index in [9.17, 15) is 0 Å². The smallest absolute Gasteiger partial charge is 0.104 e. The van der Waals surface area contributed by atoms with E-state index < -0.39 is 0 Å². The molecule has 0 radical (unpaired) electrons. The zero-order valence-electron chi connectivity index (χ0n) is 10.7. The minimum atomic E-state index is 0. The van der Waals surface area contributed by atoms with Crippen LogP contribution < -0.4 is 5.73 Å². The van der Waals surface area contributed by atoms with Gasteiger partial charge in [-0.2, -0.15) is 5.26 Å². The molecule has 0 atom stereocenters. The summed E-state index contributed by atoms with van der Waals surface area (Å²) < 4.78 is 0. The lowest BCUT2D eigenvalue weighted by molar-refractivity contribution is 0.229.